The Kier molecular flexibility index (Phi) is 3.31. The lowest BCUT2D eigenvalue weighted by molar-refractivity contribution is -0.136. The van der Waals surface area contributed by atoms with Gasteiger partial charge in [-0.15, -0.1) is 0 Å². The maximum absolute atomic E-state index is 11.7. The monoisotopic (exact) mass is 185 g/mol. The molecule has 1 aliphatic rings. The van der Waals surface area contributed by atoms with Crippen LogP contribution in [-0.2, 0) is 4.79 Å². The third-order valence-electron chi connectivity index (χ3n) is 2.61. The first kappa shape index (κ1) is 10.5. The Morgan fingerprint density at radius 2 is 2.23 bits per heavy atom. The van der Waals surface area contributed by atoms with E-state index in [2.05, 4.69) is 6.92 Å². The van der Waals surface area contributed by atoms with Crippen molar-refractivity contribution in [2.24, 2.45) is 11.8 Å². The zero-order chi connectivity index (χ0) is 10.0. The second kappa shape index (κ2) is 4.09. The van der Waals surface area contributed by atoms with Crippen molar-refractivity contribution in [3.63, 3.8) is 0 Å². The zero-order valence-corrected chi connectivity index (χ0v) is 8.66. The highest BCUT2D eigenvalue weighted by Gasteiger charge is 2.33. The molecule has 0 bridgehead atoms. The second-order valence-electron chi connectivity index (χ2n) is 4.32. The molecule has 0 radical (unpaired) electrons. The summed E-state index contributed by atoms with van der Waals surface area (Å²) in [6.07, 6.45) is 0.939. The standard InChI is InChI=1S/C10H19NO2/c1-7(2)10(13)11-5-8(3)4-9(11)6-12/h7-9,12H,4-6H2,1-3H3. The van der Waals surface area contributed by atoms with E-state index in [1.165, 1.54) is 0 Å². The maximum Gasteiger partial charge on any atom is 0.225 e. The number of nitrogens with zero attached hydrogens (tertiary/aromatic N) is 1. The summed E-state index contributed by atoms with van der Waals surface area (Å²) < 4.78 is 0. The van der Waals surface area contributed by atoms with Crippen LogP contribution in [0.1, 0.15) is 27.2 Å². The van der Waals surface area contributed by atoms with Gasteiger partial charge in [0.15, 0.2) is 0 Å². The van der Waals surface area contributed by atoms with Crippen LogP contribution in [0.25, 0.3) is 0 Å². The molecule has 1 heterocycles. The molecule has 1 N–H and O–H groups in total. The van der Waals surface area contributed by atoms with E-state index < -0.39 is 0 Å². The van der Waals surface area contributed by atoms with Gasteiger partial charge in [0.25, 0.3) is 0 Å². The van der Waals surface area contributed by atoms with Crippen molar-refractivity contribution in [1.29, 1.82) is 0 Å². The number of hydrogen-bond donors (Lipinski definition) is 1. The largest absolute Gasteiger partial charge is 0.394 e. The van der Waals surface area contributed by atoms with Crippen LogP contribution in [0.5, 0.6) is 0 Å². The summed E-state index contributed by atoms with van der Waals surface area (Å²) >= 11 is 0. The highest BCUT2D eigenvalue weighted by atomic mass is 16.3. The summed E-state index contributed by atoms with van der Waals surface area (Å²) in [6.45, 7) is 6.83. The number of likely N-dealkylation sites (tertiary alicyclic amines) is 1. The van der Waals surface area contributed by atoms with Crippen LogP contribution in [0.2, 0.25) is 0 Å². The summed E-state index contributed by atoms with van der Waals surface area (Å²) in [5.41, 5.74) is 0. The quantitative estimate of drug-likeness (QED) is 0.693. The molecule has 1 fully saturated rings. The van der Waals surface area contributed by atoms with Gasteiger partial charge in [-0.05, 0) is 12.3 Å². The topological polar surface area (TPSA) is 40.5 Å². The fourth-order valence-electron chi connectivity index (χ4n) is 1.93. The fraction of sp³-hybridized carbons (Fsp3) is 0.900. The van der Waals surface area contributed by atoms with E-state index in [0.29, 0.717) is 5.92 Å². The molecule has 2 atom stereocenters. The summed E-state index contributed by atoms with van der Waals surface area (Å²) in [5.74, 6) is 0.739. The van der Waals surface area contributed by atoms with Crippen molar-refractivity contribution in [3.8, 4) is 0 Å². The summed E-state index contributed by atoms with van der Waals surface area (Å²) in [5, 5.41) is 9.09. The first-order chi connectivity index (χ1) is 6.06. The number of amides is 1. The van der Waals surface area contributed by atoms with E-state index in [4.69, 9.17) is 5.11 Å². The number of aliphatic hydroxyl groups is 1. The maximum atomic E-state index is 11.7. The van der Waals surface area contributed by atoms with Gasteiger partial charge in [-0.3, -0.25) is 4.79 Å². The molecule has 0 aromatic heterocycles. The van der Waals surface area contributed by atoms with Crippen LogP contribution in [0, 0.1) is 11.8 Å². The van der Waals surface area contributed by atoms with E-state index >= 15 is 0 Å². The lowest BCUT2D eigenvalue weighted by Crippen LogP contribution is -2.40. The number of carbonyl (C=O) groups excluding carboxylic acids is 1. The van der Waals surface area contributed by atoms with E-state index in [9.17, 15) is 4.79 Å². The molecule has 0 spiro atoms. The average molecular weight is 185 g/mol. The molecule has 0 saturated carbocycles. The summed E-state index contributed by atoms with van der Waals surface area (Å²) in [6, 6.07) is 0.0601. The average Bonchev–Trinajstić information content (AvgIpc) is 2.45. The smallest absolute Gasteiger partial charge is 0.225 e. The number of aliphatic hydroxyl groups excluding tert-OH is 1. The third kappa shape index (κ3) is 2.21. The van der Waals surface area contributed by atoms with Crippen LogP contribution in [0.15, 0.2) is 0 Å². The van der Waals surface area contributed by atoms with E-state index in [1.54, 1.807) is 0 Å². The predicted octanol–water partition coefficient (Wildman–Crippen LogP) is 0.872. The number of hydrogen-bond acceptors (Lipinski definition) is 2. The Balaban J connectivity index is 2.62. The molecule has 1 rings (SSSR count). The molecule has 2 unspecified atom stereocenters. The molecule has 76 valence electrons. The van der Waals surface area contributed by atoms with Gasteiger partial charge in [0.2, 0.25) is 5.91 Å². The van der Waals surface area contributed by atoms with E-state index in [-0.39, 0.29) is 24.5 Å². The normalized spacial score (nSPS) is 28.5. The highest BCUT2D eigenvalue weighted by Crippen LogP contribution is 2.23. The van der Waals surface area contributed by atoms with E-state index in [1.807, 2.05) is 18.7 Å². The molecule has 1 aliphatic heterocycles. The van der Waals surface area contributed by atoms with Gasteiger partial charge >= 0.3 is 0 Å². The van der Waals surface area contributed by atoms with Crippen molar-refractivity contribution < 1.29 is 9.90 Å². The third-order valence-corrected chi connectivity index (χ3v) is 2.61. The Morgan fingerprint density at radius 3 is 2.69 bits per heavy atom. The molecule has 1 saturated heterocycles. The highest BCUT2D eigenvalue weighted by molar-refractivity contribution is 5.78. The Bertz CT molecular complexity index is 191. The van der Waals surface area contributed by atoms with Gasteiger partial charge < -0.3 is 10.0 Å². The van der Waals surface area contributed by atoms with Gasteiger partial charge in [-0.2, -0.15) is 0 Å². The van der Waals surface area contributed by atoms with Gasteiger partial charge in [-0.25, -0.2) is 0 Å². The molecular weight excluding hydrogens is 166 g/mol. The molecule has 3 nitrogen and oxygen atoms in total. The van der Waals surface area contributed by atoms with Crippen LogP contribution < -0.4 is 0 Å². The summed E-state index contributed by atoms with van der Waals surface area (Å²) in [4.78, 5) is 13.5. The minimum atomic E-state index is 0.0411. The molecule has 3 heteroatoms. The predicted molar refractivity (Wildman–Crippen MR) is 51.2 cm³/mol. The minimum Gasteiger partial charge on any atom is -0.394 e. The Morgan fingerprint density at radius 1 is 1.62 bits per heavy atom. The fourth-order valence-corrected chi connectivity index (χ4v) is 1.93. The van der Waals surface area contributed by atoms with E-state index in [0.717, 1.165) is 13.0 Å². The van der Waals surface area contributed by atoms with Gasteiger partial charge in [0.1, 0.15) is 0 Å². The number of carbonyl (C=O) groups is 1. The second-order valence-corrected chi connectivity index (χ2v) is 4.32. The summed E-state index contributed by atoms with van der Waals surface area (Å²) in [7, 11) is 0. The van der Waals surface area contributed by atoms with Crippen molar-refractivity contribution in [3.05, 3.63) is 0 Å². The molecule has 0 aromatic carbocycles. The molecule has 1 amide bonds. The van der Waals surface area contributed by atoms with Crippen LogP contribution in [0.3, 0.4) is 0 Å². The lowest BCUT2D eigenvalue weighted by Gasteiger charge is -2.24. The van der Waals surface area contributed by atoms with Crippen LogP contribution in [-0.4, -0.2) is 35.1 Å². The first-order valence-electron chi connectivity index (χ1n) is 4.97. The molecule has 0 aromatic rings. The van der Waals surface area contributed by atoms with Crippen molar-refractivity contribution in [1.82, 2.24) is 4.90 Å². The lowest BCUT2D eigenvalue weighted by atomic mass is 10.1. The molecule has 0 aliphatic carbocycles. The van der Waals surface area contributed by atoms with Crippen molar-refractivity contribution in [2.45, 2.75) is 33.2 Å². The van der Waals surface area contributed by atoms with Crippen molar-refractivity contribution >= 4 is 5.91 Å². The van der Waals surface area contributed by atoms with Crippen LogP contribution >= 0.6 is 0 Å². The van der Waals surface area contributed by atoms with Crippen molar-refractivity contribution in [2.75, 3.05) is 13.2 Å². The first-order valence-corrected chi connectivity index (χ1v) is 4.97. The van der Waals surface area contributed by atoms with Crippen LogP contribution in [0.4, 0.5) is 0 Å². The SMILES string of the molecule is CC1CC(CO)N(C(=O)C(C)C)C1. The number of rotatable bonds is 2. The van der Waals surface area contributed by atoms with Gasteiger partial charge in [0, 0.05) is 12.5 Å². The zero-order valence-electron chi connectivity index (χ0n) is 8.66. The minimum absolute atomic E-state index is 0.0411. The molecular formula is C10H19NO2. The van der Waals surface area contributed by atoms with Gasteiger partial charge in [0.05, 0.1) is 12.6 Å². The Hall–Kier alpha value is -0.570. The van der Waals surface area contributed by atoms with Gasteiger partial charge in [-0.1, -0.05) is 20.8 Å². The Labute approximate surface area is 79.7 Å². The molecule has 13 heavy (non-hydrogen) atoms.